The quantitative estimate of drug-likeness (QED) is 0.872. The van der Waals surface area contributed by atoms with Crippen LogP contribution in [0.25, 0.3) is 0 Å². The van der Waals surface area contributed by atoms with Gasteiger partial charge in [0.2, 0.25) is 0 Å². The summed E-state index contributed by atoms with van der Waals surface area (Å²) >= 11 is 0. The van der Waals surface area contributed by atoms with E-state index >= 15 is 0 Å². The molecule has 25 heavy (non-hydrogen) atoms. The standard InChI is InChI=1S/C18H25N5O2/c1-4-25-16-6-5-14(11-12(16)2)20-18(24)17-13(3)23(22-21-17)15-7-9-19-10-8-15/h5-6,11,15,19H,4,7-10H2,1-3H3,(H,20,24). The molecule has 134 valence electrons. The SMILES string of the molecule is CCOc1ccc(NC(=O)c2nnn(C3CCNCC3)c2C)cc1C. The number of nitrogens with one attached hydrogen (secondary N) is 2. The van der Waals surface area contributed by atoms with Gasteiger partial charge in [-0.15, -0.1) is 5.10 Å². The van der Waals surface area contributed by atoms with Crippen LogP contribution in [0.4, 0.5) is 5.69 Å². The van der Waals surface area contributed by atoms with Gasteiger partial charge in [-0.3, -0.25) is 4.79 Å². The summed E-state index contributed by atoms with van der Waals surface area (Å²) in [7, 11) is 0. The van der Waals surface area contributed by atoms with Crippen molar-refractivity contribution >= 4 is 11.6 Å². The van der Waals surface area contributed by atoms with E-state index in [0.29, 0.717) is 18.3 Å². The molecule has 1 aliphatic heterocycles. The summed E-state index contributed by atoms with van der Waals surface area (Å²) in [6.45, 7) is 8.36. The number of rotatable bonds is 5. The molecule has 1 fully saturated rings. The van der Waals surface area contributed by atoms with Crippen molar-refractivity contribution in [1.29, 1.82) is 0 Å². The number of ether oxygens (including phenoxy) is 1. The molecule has 2 aromatic rings. The molecule has 1 amide bonds. The van der Waals surface area contributed by atoms with Crippen LogP contribution in [0.3, 0.4) is 0 Å². The normalized spacial score (nSPS) is 15.2. The number of piperidine rings is 1. The number of aryl methyl sites for hydroxylation is 1. The van der Waals surface area contributed by atoms with Gasteiger partial charge in [0.05, 0.1) is 18.3 Å². The number of nitrogens with zero attached hydrogens (tertiary/aromatic N) is 3. The van der Waals surface area contributed by atoms with Crippen LogP contribution in [-0.4, -0.2) is 40.6 Å². The van der Waals surface area contributed by atoms with Crippen LogP contribution in [0.2, 0.25) is 0 Å². The number of amides is 1. The van der Waals surface area contributed by atoms with Gasteiger partial charge in [0.1, 0.15) is 5.75 Å². The van der Waals surface area contributed by atoms with Gasteiger partial charge < -0.3 is 15.4 Å². The van der Waals surface area contributed by atoms with Gasteiger partial charge in [-0.2, -0.15) is 0 Å². The number of anilines is 1. The summed E-state index contributed by atoms with van der Waals surface area (Å²) in [5.41, 5.74) is 2.90. The second-order valence-electron chi connectivity index (χ2n) is 6.32. The minimum atomic E-state index is -0.235. The lowest BCUT2D eigenvalue weighted by atomic mass is 10.1. The van der Waals surface area contributed by atoms with Gasteiger partial charge in [-0.25, -0.2) is 4.68 Å². The van der Waals surface area contributed by atoms with E-state index in [9.17, 15) is 4.79 Å². The maximum Gasteiger partial charge on any atom is 0.278 e. The lowest BCUT2D eigenvalue weighted by molar-refractivity contribution is 0.102. The fraction of sp³-hybridized carbons (Fsp3) is 0.500. The molecule has 1 aromatic heterocycles. The first-order valence-electron chi connectivity index (χ1n) is 8.77. The number of hydrogen-bond donors (Lipinski definition) is 2. The predicted molar refractivity (Wildman–Crippen MR) is 96.2 cm³/mol. The van der Waals surface area contributed by atoms with Crippen molar-refractivity contribution in [3.63, 3.8) is 0 Å². The van der Waals surface area contributed by atoms with E-state index in [-0.39, 0.29) is 5.91 Å². The summed E-state index contributed by atoms with van der Waals surface area (Å²) in [5.74, 6) is 0.592. The molecule has 0 saturated carbocycles. The van der Waals surface area contributed by atoms with Crippen molar-refractivity contribution in [2.45, 2.75) is 39.7 Å². The average molecular weight is 343 g/mol. The molecule has 0 bridgehead atoms. The average Bonchev–Trinajstić information content (AvgIpc) is 3.00. The van der Waals surface area contributed by atoms with Gasteiger partial charge in [-0.05, 0) is 70.5 Å². The Labute approximate surface area is 147 Å². The zero-order valence-electron chi connectivity index (χ0n) is 15.0. The van der Waals surface area contributed by atoms with Crippen LogP contribution in [0.1, 0.15) is 47.6 Å². The van der Waals surface area contributed by atoms with E-state index in [4.69, 9.17) is 4.74 Å². The third-order valence-corrected chi connectivity index (χ3v) is 4.53. The summed E-state index contributed by atoms with van der Waals surface area (Å²) < 4.78 is 7.42. The molecule has 1 aliphatic rings. The van der Waals surface area contributed by atoms with Crippen molar-refractivity contribution in [3.05, 3.63) is 35.2 Å². The van der Waals surface area contributed by atoms with Crippen LogP contribution >= 0.6 is 0 Å². The topological polar surface area (TPSA) is 81.1 Å². The molecular formula is C18H25N5O2. The molecule has 7 nitrogen and oxygen atoms in total. The Morgan fingerprint density at radius 2 is 2.12 bits per heavy atom. The molecule has 0 spiro atoms. The van der Waals surface area contributed by atoms with Gasteiger partial charge in [0.25, 0.3) is 5.91 Å². The highest BCUT2D eigenvalue weighted by molar-refractivity contribution is 6.03. The molecule has 7 heteroatoms. The molecular weight excluding hydrogens is 318 g/mol. The van der Waals surface area contributed by atoms with E-state index in [1.807, 2.05) is 43.7 Å². The highest BCUT2D eigenvalue weighted by atomic mass is 16.5. The van der Waals surface area contributed by atoms with Gasteiger partial charge in [0, 0.05) is 5.69 Å². The van der Waals surface area contributed by atoms with Crippen LogP contribution < -0.4 is 15.4 Å². The first kappa shape index (κ1) is 17.4. The Hall–Kier alpha value is -2.41. The molecule has 1 aromatic carbocycles. The number of aromatic nitrogens is 3. The van der Waals surface area contributed by atoms with E-state index < -0.39 is 0 Å². The summed E-state index contributed by atoms with van der Waals surface area (Å²) in [6, 6.07) is 5.91. The molecule has 2 N–H and O–H groups in total. The largest absolute Gasteiger partial charge is 0.494 e. The minimum absolute atomic E-state index is 0.235. The number of carbonyl (C=O) groups is 1. The number of carbonyl (C=O) groups excluding carboxylic acids is 1. The molecule has 1 saturated heterocycles. The number of benzene rings is 1. The second kappa shape index (κ2) is 7.65. The van der Waals surface area contributed by atoms with Gasteiger partial charge in [-0.1, -0.05) is 5.21 Å². The Morgan fingerprint density at radius 1 is 1.36 bits per heavy atom. The van der Waals surface area contributed by atoms with E-state index in [2.05, 4.69) is 20.9 Å². The first-order valence-corrected chi connectivity index (χ1v) is 8.77. The minimum Gasteiger partial charge on any atom is -0.494 e. The third kappa shape index (κ3) is 3.82. The monoisotopic (exact) mass is 343 g/mol. The maximum absolute atomic E-state index is 12.6. The molecule has 0 aliphatic carbocycles. The molecule has 0 atom stereocenters. The highest BCUT2D eigenvalue weighted by Crippen LogP contribution is 2.23. The summed E-state index contributed by atoms with van der Waals surface area (Å²) in [5, 5.41) is 14.6. The van der Waals surface area contributed by atoms with E-state index in [0.717, 1.165) is 48.6 Å². The van der Waals surface area contributed by atoms with Crippen molar-refractivity contribution < 1.29 is 9.53 Å². The fourth-order valence-corrected chi connectivity index (χ4v) is 3.18. The Morgan fingerprint density at radius 3 is 2.80 bits per heavy atom. The Kier molecular flexibility index (Phi) is 5.33. The Balaban J connectivity index is 1.73. The zero-order chi connectivity index (χ0) is 17.8. The van der Waals surface area contributed by atoms with Crippen LogP contribution in [-0.2, 0) is 0 Å². The van der Waals surface area contributed by atoms with E-state index in [1.54, 1.807) is 0 Å². The van der Waals surface area contributed by atoms with Crippen LogP contribution in [0, 0.1) is 13.8 Å². The van der Waals surface area contributed by atoms with Gasteiger partial charge >= 0.3 is 0 Å². The first-order chi connectivity index (χ1) is 12.1. The highest BCUT2D eigenvalue weighted by Gasteiger charge is 2.23. The third-order valence-electron chi connectivity index (χ3n) is 4.53. The van der Waals surface area contributed by atoms with Crippen LogP contribution in [0.5, 0.6) is 5.75 Å². The molecule has 0 unspecified atom stereocenters. The number of hydrogen-bond acceptors (Lipinski definition) is 5. The fourth-order valence-electron chi connectivity index (χ4n) is 3.18. The van der Waals surface area contributed by atoms with Crippen LogP contribution in [0.15, 0.2) is 18.2 Å². The smallest absolute Gasteiger partial charge is 0.278 e. The van der Waals surface area contributed by atoms with Crippen molar-refractivity contribution in [3.8, 4) is 5.75 Å². The molecule has 0 radical (unpaired) electrons. The molecule has 2 heterocycles. The van der Waals surface area contributed by atoms with Crippen molar-refractivity contribution in [2.75, 3.05) is 25.0 Å². The summed E-state index contributed by atoms with van der Waals surface area (Å²) in [4.78, 5) is 12.6. The Bertz CT molecular complexity index is 750. The lowest BCUT2D eigenvalue weighted by Crippen LogP contribution is -2.30. The predicted octanol–water partition coefficient (Wildman–Crippen LogP) is 2.47. The zero-order valence-corrected chi connectivity index (χ0v) is 15.0. The summed E-state index contributed by atoms with van der Waals surface area (Å²) in [6.07, 6.45) is 2.01. The van der Waals surface area contributed by atoms with Gasteiger partial charge in [0.15, 0.2) is 5.69 Å². The second-order valence-corrected chi connectivity index (χ2v) is 6.32. The molecule has 3 rings (SSSR count). The van der Waals surface area contributed by atoms with E-state index in [1.165, 1.54) is 0 Å². The van der Waals surface area contributed by atoms with Crippen molar-refractivity contribution in [2.24, 2.45) is 0 Å². The lowest BCUT2D eigenvalue weighted by Gasteiger charge is -2.23. The van der Waals surface area contributed by atoms with Crippen molar-refractivity contribution in [1.82, 2.24) is 20.3 Å². The maximum atomic E-state index is 12.6.